The Bertz CT molecular complexity index is 625. The summed E-state index contributed by atoms with van der Waals surface area (Å²) >= 11 is 7.53. The van der Waals surface area contributed by atoms with Crippen molar-refractivity contribution in [1.82, 2.24) is 4.98 Å². The third-order valence-electron chi connectivity index (χ3n) is 2.72. The van der Waals surface area contributed by atoms with Crippen molar-refractivity contribution < 1.29 is 4.79 Å². The number of benzene rings is 1. The Morgan fingerprint density at radius 2 is 2.20 bits per heavy atom. The molecule has 106 valence electrons. The molecule has 0 atom stereocenters. The summed E-state index contributed by atoms with van der Waals surface area (Å²) in [5, 5.41) is 6.35. The normalized spacial score (nSPS) is 10.4. The smallest absolute Gasteiger partial charge is 0.230 e. The van der Waals surface area contributed by atoms with Gasteiger partial charge in [0.15, 0.2) is 0 Å². The van der Waals surface area contributed by atoms with Gasteiger partial charge in [0, 0.05) is 24.5 Å². The first-order valence-electron chi connectivity index (χ1n) is 6.13. The summed E-state index contributed by atoms with van der Waals surface area (Å²) in [5.74, 6) is -0.0966. The van der Waals surface area contributed by atoms with Crippen molar-refractivity contribution in [3.8, 4) is 0 Å². The van der Waals surface area contributed by atoms with E-state index in [1.54, 1.807) is 23.5 Å². The van der Waals surface area contributed by atoms with E-state index in [9.17, 15) is 4.79 Å². The van der Waals surface area contributed by atoms with Gasteiger partial charge in [0.1, 0.15) is 0 Å². The van der Waals surface area contributed by atoms with Crippen LogP contribution in [0.5, 0.6) is 0 Å². The largest absolute Gasteiger partial charge is 0.376 e. The molecular weight excluding hydrogens is 294 g/mol. The lowest BCUT2D eigenvalue weighted by atomic mass is 10.2. The molecule has 0 unspecified atom stereocenters. The number of hydrogen-bond donors (Lipinski definition) is 1. The molecule has 0 fully saturated rings. The first-order chi connectivity index (χ1) is 9.45. The minimum absolute atomic E-state index is 0.0966. The van der Waals surface area contributed by atoms with Gasteiger partial charge in [-0.05, 0) is 25.1 Å². The van der Waals surface area contributed by atoms with E-state index in [-0.39, 0.29) is 12.3 Å². The van der Waals surface area contributed by atoms with Gasteiger partial charge in [-0.25, -0.2) is 4.98 Å². The number of halogens is 1. The molecule has 2 aromatic rings. The van der Waals surface area contributed by atoms with E-state index in [0.29, 0.717) is 10.7 Å². The number of carbonyl (C=O) groups is 1. The molecule has 0 spiro atoms. The standard InChI is InChI=1S/C14H16ClN3OS/c1-9-16-11(8-20-9)7-14(19)17-12-6-10(15)4-5-13(12)18(2)3/h4-6,8H,7H2,1-3H3,(H,17,19). The molecule has 0 saturated carbocycles. The fourth-order valence-corrected chi connectivity index (χ4v) is 2.63. The minimum atomic E-state index is -0.0966. The number of thiazole rings is 1. The molecule has 1 amide bonds. The van der Waals surface area contributed by atoms with Gasteiger partial charge in [-0.15, -0.1) is 11.3 Å². The number of rotatable bonds is 4. The fourth-order valence-electron chi connectivity index (χ4n) is 1.85. The summed E-state index contributed by atoms with van der Waals surface area (Å²) in [6.45, 7) is 1.92. The van der Waals surface area contributed by atoms with Crippen molar-refractivity contribution in [3.63, 3.8) is 0 Å². The SMILES string of the molecule is Cc1nc(CC(=O)Nc2cc(Cl)ccc2N(C)C)cs1. The Morgan fingerprint density at radius 3 is 2.80 bits per heavy atom. The molecule has 1 aromatic heterocycles. The predicted octanol–water partition coefficient (Wildman–Crippen LogP) is 3.35. The molecule has 0 saturated heterocycles. The second-order valence-electron chi connectivity index (χ2n) is 4.64. The first kappa shape index (κ1) is 14.8. The van der Waals surface area contributed by atoms with Gasteiger partial charge in [-0.1, -0.05) is 11.6 Å². The van der Waals surface area contributed by atoms with Gasteiger partial charge in [-0.3, -0.25) is 4.79 Å². The van der Waals surface area contributed by atoms with Gasteiger partial charge in [0.25, 0.3) is 0 Å². The summed E-state index contributed by atoms with van der Waals surface area (Å²) < 4.78 is 0. The molecule has 20 heavy (non-hydrogen) atoms. The van der Waals surface area contributed by atoms with Crippen LogP contribution in [0.3, 0.4) is 0 Å². The maximum Gasteiger partial charge on any atom is 0.230 e. The van der Waals surface area contributed by atoms with Gasteiger partial charge in [-0.2, -0.15) is 0 Å². The lowest BCUT2D eigenvalue weighted by Gasteiger charge is -2.18. The number of hydrogen-bond acceptors (Lipinski definition) is 4. The monoisotopic (exact) mass is 309 g/mol. The Hall–Kier alpha value is -1.59. The van der Waals surface area contributed by atoms with Crippen molar-refractivity contribution in [1.29, 1.82) is 0 Å². The maximum atomic E-state index is 12.1. The van der Waals surface area contributed by atoms with Gasteiger partial charge < -0.3 is 10.2 Å². The molecule has 0 bridgehead atoms. The molecule has 1 N–H and O–H groups in total. The Morgan fingerprint density at radius 1 is 1.45 bits per heavy atom. The summed E-state index contributed by atoms with van der Waals surface area (Å²) in [7, 11) is 3.84. The summed E-state index contributed by atoms with van der Waals surface area (Å²) in [4.78, 5) is 18.3. The zero-order valence-electron chi connectivity index (χ0n) is 11.6. The van der Waals surface area contributed by atoms with Crippen LogP contribution in [-0.2, 0) is 11.2 Å². The molecule has 6 heteroatoms. The van der Waals surface area contributed by atoms with E-state index >= 15 is 0 Å². The number of nitrogens with zero attached hydrogens (tertiary/aromatic N) is 2. The van der Waals surface area contributed by atoms with Gasteiger partial charge >= 0.3 is 0 Å². The zero-order valence-corrected chi connectivity index (χ0v) is 13.2. The van der Waals surface area contributed by atoms with E-state index < -0.39 is 0 Å². The van der Waals surface area contributed by atoms with E-state index in [4.69, 9.17) is 11.6 Å². The lowest BCUT2D eigenvalue weighted by Crippen LogP contribution is -2.18. The molecule has 4 nitrogen and oxygen atoms in total. The molecule has 1 heterocycles. The molecule has 0 aliphatic carbocycles. The van der Waals surface area contributed by atoms with Crippen LogP contribution in [0.4, 0.5) is 11.4 Å². The summed E-state index contributed by atoms with van der Waals surface area (Å²) in [6, 6.07) is 5.43. The molecule has 0 radical (unpaired) electrons. The number of aryl methyl sites for hydroxylation is 1. The molecule has 1 aromatic carbocycles. The van der Waals surface area contributed by atoms with Crippen LogP contribution in [0, 0.1) is 6.92 Å². The van der Waals surface area contributed by atoms with Crippen LogP contribution in [0.2, 0.25) is 5.02 Å². The van der Waals surface area contributed by atoms with E-state index in [1.807, 2.05) is 37.4 Å². The van der Waals surface area contributed by atoms with Crippen LogP contribution in [0.25, 0.3) is 0 Å². The number of aromatic nitrogens is 1. The Kier molecular flexibility index (Phi) is 4.62. The van der Waals surface area contributed by atoms with Crippen LogP contribution >= 0.6 is 22.9 Å². The number of nitrogens with one attached hydrogen (secondary N) is 1. The van der Waals surface area contributed by atoms with Gasteiger partial charge in [0.2, 0.25) is 5.91 Å². The van der Waals surface area contributed by atoms with Gasteiger partial charge in [0.05, 0.1) is 28.5 Å². The maximum absolute atomic E-state index is 12.1. The molecular formula is C14H16ClN3OS. The van der Waals surface area contributed by atoms with Crippen LogP contribution in [0.15, 0.2) is 23.6 Å². The van der Waals surface area contributed by atoms with Crippen molar-refractivity contribution in [3.05, 3.63) is 39.3 Å². The minimum Gasteiger partial charge on any atom is -0.376 e. The highest BCUT2D eigenvalue weighted by atomic mass is 35.5. The first-order valence-corrected chi connectivity index (χ1v) is 7.39. The number of carbonyl (C=O) groups excluding carboxylic acids is 1. The highest BCUT2D eigenvalue weighted by Crippen LogP contribution is 2.27. The third-order valence-corrected chi connectivity index (χ3v) is 3.78. The van der Waals surface area contributed by atoms with Crippen LogP contribution in [-0.4, -0.2) is 25.0 Å². The Labute approximate surface area is 127 Å². The van der Waals surface area contributed by atoms with E-state index in [0.717, 1.165) is 16.4 Å². The van der Waals surface area contributed by atoms with Crippen molar-refractivity contribution >= 4 is 40.2 Å². The average Bonchev–Trinajstić information content (AvgIpc) is 2.74. The summed E-state index contributed by atoms with van der Waals surface area (Å²) in [6.07, 6.45) is 0.268. The fraction of sp³-hybridized carbons (Fsp3) is 0.286. The highest BCUT2D eigenvalue weighted by molar-refractivity contribution is 7.09. The van der Waals surface area contributed by atoms with Crippen molar-refractivity contribution in [2.75, 3.05) is 24.3 Å². The average molecular weight is 310 g/mol. The molecule has 0 aliphatic rings. The second-order valence-corrected chi connectivity index (χ2v) is 6.14. The highest BCUT2D eigenvalue weighted by Gasteiger charge is 2.11. The molecule has 2 rings (SSSR count). The van der Waals surface area contributed by atoms with Crippen molar-refractivity contribution in [2.45, 2.75) is 13.3 Å². The second kappa shape index (κ2) is 6.24. The van der Waals surface area contributed by atoms with E-state index in [2.05, 4.69) is 10.3 Å². The zero-order chi connectivity index (χ0) is 14.7. The summed E-state index contributed by atoms with van der Waals surface area (Å²) in [5.41, 5.74) is 2.41. The molecule has 0 aliphatic heterocycles. The van der Waals surface area contributed by atoms with Crippen LogP contribution in [0.1, 0.15) is 10.7 Å². The predicted molar refractivity (Wildman–Crippen MR) is 85.0 cm³/mol. The lowest BCUT2D eigenvalue weighted by molar-refractivity contribution is -0.115. The van der Waals surface area contributed by atoms with Crippen molar-refractivity contribution in [2.24, 2.45) is 0 Å². The Balaban J connectivity index is 2.12. The third kappa shape index (κ3) is 3.71. The number of amides is 1. The number of anilines is 2. The van der Waals surface area contributed by atoms with E-state index in [1.165, 1.54) is 0 Å². The topological polar surface area (TPSA) is 45.2 Å². The van der Waals surface area contributed by atoms with Crippen LogP contribution < -0.4 is 10.2 Å². The quantitative estimate of drug-likeness (QED) is 0.942.